The number of pyridine rings is 1. The Morgan fingerprint density at radius 3 is 2.79 bits per heavy atom. The predicted octanol–water partition coefficient (Wildman–Crippen LogP) is 2.77. The summed E-state index contributed by atoms with van der Waals surface area (Å²) in [5, 5.41) is 6.06. The minimum atomic E-state index is -4.57. The van der Waals surface area contributed by atoms with Gasteiger partial charge in [-0.2, -0.15) is 18.3 Å². The Hall–Kier alpha value is -3.30. The fourth-order valence-corrected chi connectivity index (χ4v) is 3.37. The number of rotatable bonds is 2. The van der Waals surface area contributed by atoms with Crippen molar-refractivity contribution in [3.63, 3.8) is 0 Å². The lowest BCUT2D eigenvalue weighted by molar-refractivity contribution is -0.201. The largest absolute Gasteiger partial charge is 0.480 e. The van der Waals surface area contributed by atoms with Crippen molar-refractivity contribution >= 4 is 5.97 Å². The second-order valence-electron chi connectivity index (χ2n) is 6.36. The van der Waals surface area contributed by atoms with E-state index in [0.29, 0.717) is 5.56 Å². The van der Waals surface area contributed by atoms with Crippen LogP contribution in [-0.2, 0) is 4.74 Å². The number of benzene rings is 1. The van der Waals surface area contributed by atoms with Crippen molar-refractivity contribution in [3.05, 3.63) is 58.1 Å². The van der Waals surface area contributed by atoms with E-state index in [1.807, 2.05) is 0 Å². The number of aromatic nitrogens is 3. The second-order valence-corrected chi connectivity index (χ2v) is 6.36. The minimum absolute atomic E-state index is 0.0223. The molecule has 3 aliphatic rings. The Morgan fingerprint density at radius 2 is 2.07 bits per heavy atom. The smallest absolute Gasteiger partial charge is 0.425 e. The number of nitrogens with zero attached hydrogens (tertiary/aromatic N) is 2. The van der Waals surface area contributed by atoms with Gasteiger partial charge in [0.15, 0.2) is 6.10 Å². The number of alkyl halides is 3. The number of halogens is 3. The van der Waals surface area contributed by atoms with Gasteiger partial charge in [-0.05, 0) is 6.07 Å². The van der Waals surface area contributed by atoms with Crippen molar-refractivity contribution in [3.8, 4) is 17.0 Å². The van der Waals surface area contributed by atoms with Gasteiger partial charge in [-0.1, -0.05) is 18.2 Å². The quantitative estimate of drug-likeness (QED) is 0.677. The summed E-state index contributed by atoms with van der Waals surface area (Å²) in [5.41, 5.74) is 0.114. The average Bonchev–Trinajstić information content (AvgIpc) is 3.06. The predicted molar refractivity (Wildman–Crippen MR) is 90.5 cm³/mol. The summed E-state index contributed by atoms with van der Waals surface area (Å²) in [6.45, 7) is 0. The third-order valence-electron chi connectivity index (χ3n) is 4.70. The Balaban J connectivity index is 1.91. The Bertz CT molecular complexity index is 1070. The van der Waals surface area contributed by atoms with Crippen LogP contribution in [0.4, 0.5) is 13.2 Å². The third kappa shape index (κ3) is 2.90. The van der Waals surface area contributed by atoms with Crippen molar-refractivity contribution in [1.29, 1.82) is 0 Å². The van der Waals surface area contributed by atoms with E-state index in [0.717, 1.165) is 0 Å². The number of aromatic amines is 1. The number of hydrogen-bond donors (Lipinski definition) is 1. The molecule has 0 spiro atoms. The van der Waals surface area contributed by atoms with Crippen LogP contribution >= 0.6 is 0 Å². The molecule has 3 aliphatic heterocycles. The molecule has 3 heterocycles. The Kier molecular flexibility index (Phi) is 4.13. The lowest BCUT2D eigenvalue weighted by Crippen LogP contribution is -2.40. The lowest BCUT2D eigenvalue weighted by Gasteiger charge is -2.34. The van der Waals surface area contributed by atoms with Crippen LogP contribution in [0.1, 0.15) is 28.4 Å². The summed E-state index contributed by atoms with van der Waals surface area (Å²) in [6, 6.07) is 5.56. The summed E-state index contributed by atoms with van der Waals surface area (Å²) in [7, 11) is 1.17. The molecule has 2 atom stereocenters. The number of carbonyl (C=O) groups is 1. The van der Waals surface area contributed by atoms with E-state index in [9.17, 15) is 22.8 Å². The Morgan fingerprint density at radius 1 is 1.32 bits per heavy atom. The van der Waals surface area contributed by atoms with Crippen LogP contribution in [0.25, 0.3) is 11.3 Å². The summed E-state index contributed by atoms with van der Waals surface area (Å²) in [4.78, 5) is 24.2. The average molecular weight is 393 g/mol. The molecule has 4 rings (SSSR count). The van der Waals surface area contributed by atoms with Gasteiger partial charge in [0.2, 0.25) is 0 Å². The maximum absolute atomic E-state index is 13.4. The number of carbonyl (C=O) groups excluding carboxylic acids is 1. The molecule has 10 heteroatoms. The standard InChI is InChI=1S/C18H14F3N3O4/c1-27-17(26)11-8-24(7-10-15(11)22-23-16(10)25)12-6-14(18(19,20)21)28-13-5-3-2-4-9(12)13/h2-5,7-8,12,14H,6H2,1H3,(H,23,25)/t12-,14+/m1/s1. The zero-order chi connectivity index (χ0) is 20.1. The number of esters is 1. The number of ether oxygens (including phenoxy) is 2. The van der Waals surface area contributed by atoms with E-state index in [1.54, 1.807) is 18.2 Å². The van der Waals surface area contributed by atoms with Crippen molar-refractivity contribution in [2.45, 2.75) is 24.7 Å². The SMILES string of the molecule is COC(=O)c1cn([C@@H]2C[C@@H](C(F)(F)F)Oc3ccccc32)cc2c(=O)[nH]nc1-2. The topological polar surface area (TPSA) is 86.2 Å². The molecule has 0 aromatic heterocycles. The van der Waals surface area contributed by atoms with Crippen LogP contribution in [0.5, 0.6) is 5.75 Å². The van der Waals surface area contributed by atoms with Crippen molar-refractivity contribution in [2.75, 3.05) is 7.11 Å². The Labute approximate surface area is 156 Å². The van der Waals surface area contributed by atoms with E-state index in [1.165, 1.54) is 30.1 Å². The first-order chi connectivity index (χ1) is 13.3. The normalized spacial score (nSPS) is 19.1. The maximum atomic E-state index is 13.4. The molecule has 0 saturated carbocycles. The monoisotopic (exact) mass is 393 g/mol. The number of nitrogens with one attached hydrogen (secondary N) is 1. The first-order valence-electron chi connectivity index (χ1n) is 8.30. The molecule has 28 heavy (non-hydrogen) atoms. The molecule has 0 amide bonds. The third-order valence-corrected chi connectivity index (χ3v) is 4.70. The highest BCUT2D eigenvalue weighted by atomic mass is 19.4. The van der Waals surface area contributed by atoms with Gasteiger partial charge in [-0.25, -0.2) is 9.89 Å². The van der Waals surface area contributed by atoms with E-state index in [4.69, 9.17) is 9.47 Å². The molecule has 0 unspecified atom stereocenters. The van der Waals surface area contributed by atoms with E-state index >= 15 is 0 Å². The highest BCUT2D eigenvalue weighted by molar-refractivity contribution is 5.96. The molecule has 0 bridgehead atoms. The van der Waals surface area contributed by atoms with Gasteiger partial charge >= 0.3 is 12.1 Å². The van der Waals surface area contributed by atoms with Gasteiger partial charge in [0.25, 0.3) is 5.56 Å². The number of hydrogen-bond acceptors (Lipinski definition) is 5. The van der Waals surface area contributed by atoms with Crippen LogP contribution < -0.4 is 10.3 Å². The van der Waals surface area contributed by atoms with E-state index < -0.39 is 36.3 Å². The van der Waals surface area contributed by atoms with Crippen molar-refractivity contribution in [2.24, 2.45) is 0 Å². The first kappa shape index (κ1) is 18.1. The van der Waals surface area contributed by atoms with Crippen LogP contribution in [-0.4, -0.2) is 40.1 Å². The first-order valence-corrected chi connectivity index (χ1v) is 8.30. The zero-order valence-electron chi connectivity index (χ0n) is 14.5. The number of methoxy groups -OCH3 is 1. The molecule has 1 N–H and O–H groups in total. The summed E-state index contributed by atoms with van der Waals surface area (Å²) in [5.74, 6) is -0.651. The zero-order valence-corrected chi connectivity index (χ0v) is 14.5. The molecule has 1 aromatic carbocycles. The van der Waals surface area contributed by atoms with Crippen LogP contribution in [0.15, 0.2) is 41.5 Å². The maximum Gasteiger partial charge on any atom is 0.425 e. The number of H-pyrrole nitrogens is 1. The molecule has 0 radical (unpaired) electrons. The molecule has 0 fully saturated rings. The molecule has 0 saturated heterocycles. The van der Waals surface area contributed by atoms with Crippen LogP contribution in [0.2, 0.25) is 0 Å². The van der Waals surface area contributed by atoms with Gasteiger partial charge in [0.1, 0.15) is 17.0 Å². The van der Waals surface area contributed by atoms with Gasteiger partial charge < -0.3 is 14.0 Å². The van der Waals surface area contributed by atoms with Crippen molar-refractivity contribution < 1.29 is 27.4 Å². The van der Waals surface area contributed by atoms with Gasteiger partial charge in [-0.15, -0.1) is 0 Å². The second kappa shape index (κ2) is 6.39. The van der Waals surface area contributed by atoms with Crippen molar-refractivity contribution in [1.82, 2.24) is 14.8 Å². The molecule has 0 aliphatic carbocycles. The fourth-order valence-electron chi connectivity index (χ4n) is 3.37. The summed E-state index contributed by atoms with van der Waals surface area (Å²) >= 11 is 0. The molecular formula is C18H14F3N3O4. The highest BCUT2D eigenvalue weighted by Crippen LogP contribution is 2.42. The van der Waals surface area contributed by atoms with Gasteiger partial charge in [-0.3, -0.25) is 4.79 Å². The lowest BCUT2D eigenvalue weighted by atomic mass is 9.95. The number of fused-ring (bicyclic) bond motifs is 2. The highest BCUT2D eigenvalue weighted by Gasteiger charge is 2.46. The summed E-state index contributed by atoms with van der Waals surface area (Å²) in [6.07, 6.45) is -4.28. The van der Waals surface area contributed by atoms with Crippen LogP contribution in [0.3, 0.4) is 0 Å². The number of para-hydroxylation sites is 1. The molecule has 7 nitrogen and oxygen atoms in total. The molecular weight excluding hydrogens is 379 g/mol. The van der Waals surface area contributed by atoms with E-state index in [2.05, 4.69) is 10.2 Å². The van der Waals surface area contributed by atoms with Gasteiger partial charge in [0.05, 0.1) is 18.7 Å². The van der Waals surface area contributed by atoms with E-state index in [-0.39, 0.29) is 22.6 Å². The molecule has 146 valence electrons. The molecule has 1 aromatic rings. The van der Waals surface area contributed by atoms with Gasteiger partial charge in [0, 0.05) is 24.4 Å². The fraction of sp³-hybridized carbons (Fsp3) is 0.278. The minimum Gasteiger partial charge on any atom is -0.480 e. The van der Waals surface area contributed by atoms with Crippen LogP contribution in [0, 0.1) is 0 Å². The summed E-state index contributed by atoms with van der Waals surface area (Å²) < 4.78 is 51.4.